The molecule has 2 amide bonds. The van der Waals surface area contributed by atoms with E-state index in [1.165, 1.54) is 6.08 Å². The third-order valence-corrected chi connectivity index (χ3v) is 4.79. The Hall–Kier alpha value is -3.67. The van der Waals surface area contributed by atoms with Gasteiger partial charge in [0.2, 0.25) is 11.8 Å². The molecule has 1 heterocycles. The minimum absolute atomic E-state index is 0.274. The first-order chi connectivity index (χ1) is 14.9. The highest BCUT2D eigenvalue weighted by Crippen LogP contribution is 2.16. The number of rotatable bonds is 8. The van der Waals surface area contributed by atoms with Crippen LogP contribution >= 0.6 is 0 Å². The van der Waals surface area contributed by atoms with Crippen LogP contribution in [0.5, 0.6) is 0 Å². The highest BCUT2D eigenvalue weighted by atomic mass is 16.2. The first kappa shape index (κ1) is 22.0. The summed E-state index contributed by atoms with van der Waals surface area (Å²) in [7, 11) is 0. The Morgan fingerprint density at radius 3 is 2.58 bits per heavy atom. The fourth-order valence-corrected chi connectivity index (χ4v) is 3.21. The summed E-state index contributed by atoms with van der Waals surface area (Å²) in [6.45, 7) is 6.56. The maximum Gasteiger partial charge on any atom is 0.246 e. The van der Waals surface area contributed by atoms with Crippen molar-refractivity contribution in [1.82, 2.24) is 14.9 Å². The van der Waals surface area contributed by atoms with Crippen LogP contribution in [0.3, 0.4) is 0 Å². The SMILES string of the molecule is CC(NC(=O)/C=C/c1ccccc1)C(=O)Nc1cccc(Cn2ccnc2C(C)C)c1. The predicted molar refractivity (Wildman–Crippen MR) is 124 cm³/mol. The van der Waals surface area contributed by atoms with E-state index in [1.54, 1.807) is 19.2 Å². The maximum atomic E-state index is 12.5. The van der Waals surface area contributed by atoms with Crippen LogP contribution in [0.25, 0.3) is 6.08 Å². The van der Waals surface area contributed by atoms with Crippen molar-refractivity contribution in [2.75, 3.05) is 5.32 Å². The highest BCUT2D eigenvalue weighted by molar-refractivity contribution is 5.99. The number of aromatic nitrogens is 2. The van der Waals surface area contributed by atoms with Crippen LogP contribution in [-0.4, -0.2) is 27.4 Å². The zero-order chi connectivity index (χ0) is 22.2. The van der Waals surface area contributed by atoms with E-state index >= 15 is 0 Å². The molecule has 1 unspecified atom stereocenters. The van der Waals surface area contributed by atoms with Crippen molar-refractivity contribution in [3.05, 3.63) is 90.0 Å². The molecule has 6 nitrogen and oxygen atoms in total. The number of anilines is 1. The van der Waals surface area contributed by atoms with Crippen LogP contribution in [0.1, 0.15) is 43.6 Å². The second-order valence-electron chi connectivity index (χ2n) is 7.73. The van der Waals surface area contributed by atoms with E-state index in [1.807, 2.05) is 60.8 Å². The fraction of sp³-hybridized carbons (Fsp3) is 0.240. The number of nitrogens with one attached hydrogen (secondary N) is 2. The third kappa shape index (κ3) is 6.40. The maximum absolute atomic E-state index is 12.5. The van der Waals surface area contributed by atoms with E-state index in [4.69, 9.17) is 0 Å². The summed E-state index contributed by atoms with van der Waals surface area (Å²) >= 11 is 0. The molecular formula is C25H28N4O2. The summed E-state index contributed by atoms with van der Waals surface area (Å²) in [5.74, 6) is 0.762. The topological polar surface area (TPSA) is 76.0 Å². The fourth-order valence-electron chi connectivity index (χ4n) is 3.21. The molecule has 0 fully saturated rings. The Morgan fingerprint density at radius 1 is 1.06 bits per heavy atom. The number of nitrogens with zero attached hydrogens (tertiary/aromatic N) is 2. The molecule has 0 spiro atoms. The van der Waals surface area contributed by atoms with Gasteiger partial charge in [0.1, 0.15) is 11.9 Å². The molecule has 31 heavy (non-hydrogen) atoms. The molecule has 0 bridgehead atoms. The van der Waals surface area contributed by atoms with E-state index in [0.29, 0.717) is 18.2 Å². The van der Waals surface area contributed by atoms with Crippen LogP contribution < -0.4 is 10.6 Å². The van der Waals surface area contributed by atoms with E-state index < -0.39 is 6.04 Å². The van der Waals surface area contributed by atoms with Gasteiger partial charge in [0.15, 0.2) is 0 Å². The molecule has 0 radical (unpaired) electrons. The molecule has 3 rings (SSSR count). The van der Waals surface area contributed by atoms with E-state index in [0.717, 1.165) is 17.0 Å². The second kappa shape index (κ2) is 10.4. The van der Waals surface area contributed by atoms with Gasteiger partial charge in [0, 0.05) is 36.6 Å². The summed E-state index contributed by atoms with van der Waals surface area (Å²) in [6.07, 6.45) is 6.90. The van der Waals surface area contributed by atoms with Crippen LogP contribution in [0.15, 0.2) is 73.1 Å². The van der Waals surface area contributed by atoms with Crippen molar-refractivity contribution in [2.45, 2.75) is 39.3 Å². The smallest absolute Gasteiger partial charge is 0.246 e. The molecule has 0 aliphatic carbocycles. The molecule has 0 saturated carbocycles. The molecule has 1 atom stereocenters. The zero-order valence-electron chi connectivity index (χ0n) is 18.1. The van der Waals surface area contributed by atoms with Gasteiger partial charge >= 0.3 is 0 Å². The van der Waals surface area contributed by atoms with Crippen molar-refractivity contribution in [3.8, 4) is 0 Å². The number of carbonyl (C=O) groups is 2. The van der Waals surface area contributed by atoms with Crippen molar-refractivity contribution in [3.63, 3.8) is 0 Å². The van der Waals surface area contributed by atoms with Gasteiger partial charge < -0.3 is 15.2 Å². The van der Waals surface area contributed by atoms with Gasteiger partial charge in [-0.2, -0.15) is 0 Å². The first-order valence-corrected chi connectivity index (χ1v) is 10.4. The van der Waals surface area contributed by atoms with Crippen LogP contribution in [0.2, 0.25) is 0 Å². The van der Waals surface area contributed by atoms with Crippen LogP contribution in [-0.2, 0) is 16.1 Å². The Morgan fingerprint density at radius 2 is 1.84 bits per heavy atom. The molecule has 0 aliphatic rings. The lowest BCUT2D eigenvalue weighted by molar-refractivity contribution is -0.123. The number of hydrogen-bond acceptors (Lipinski definition) is 3. The number of amides is 2. The highest BCUT2D eigenvalue weighted by Gasteiger charge is 2.15. The van der Waals surface area contributed by atoms with Crippen LogP contribution in [0.4, 0.5) is 5.69 Å². The van der Waals surface area contributed by atoms with Crippen LogP contribution in [0, 0.1) is 0 Å². The Labute approximate surface area is 183 Å². The van der Waals surface area contributed by atoms with Crippen molar-refractivity contribution in [2.24, 2.45) is 0 Å². The first-order valence-electron chi connectivity index (χ1n) is 10.4. The number of hydrogen-bond donors (Lipinski definition) is 2. The average molecular weight is 417 g/mol. The summed E-state index contributed by atoms with van der Waals surface area (Å²) in [4.78, 5) is 29.1. The van der Waals surface area contributed by atoms with Crippen molar-refractivity contribution in [1.29, 1.82) is 0 Å². The van der Waals surface area contributed by atoms with Crippen molar-refractivity contribution < 1.29 is 9.59 Å². The lowest BCUT2D eigenvalue weighted by atomic mass is 10.1. The molecule has 0 saturated heterocycles. The summed E-state index contributed by atoms with van der Waals surface area (Å²) in [5, 5.41) is 5.57. The lowest BCUT2D eigenvalue weighted by Gasteiger charge is -2.14. The summed E-state index contributed by atoms with van der Waals surface area (Å²) in [5.41, 5.74) is 2.67. The van der Waals surface area contributed by atoms with E-state index in [2.05, 4.69) is 34.0 Å². The van der Waals surface area contributed by atoms with Gasteiger partial charge in [-0.3, -0.25) is 9.59 Å². The molecule has 6 heteroatoms. The van der Waals surface area contributed by atoms with Gasteiger partial charge in [0.05, 0.1) is 0 Å². The van der Waals surface area contributed by atoms with Gasteiger partial charge in [-0.15, -0.1) is 0 Å². The number of imidazole rings is 1. The molecule has 1 aromatic heterocycles. The van der Waals surface area contributed by atoms with E-state index in [9.17, 15) is 9.59 Å². The van der Waals surface area contributed by atoms with Gasteiger partial charge in [-0.25, -0.2) is 4.98 Å². The largest absolute Gasteiger partial charge is 0.341 e. The summed E-state index contributed by atoms with van der Waals surface area (Å²) in [6, 6.07) is 16.5. The normalized spacial score (nSPS) is 12.1. The Balaban J connectivity index is 1.57. The number of benzene rings is 2. The van der Waals surface area contributed by atoms with Gasteiger partial charge in [-0.1, -0.05) is 56.3 Å². The standard InChI is InChI=1S/C25H28N4O2/c1-18(2)24-26-14-15-29(24)17-21-10-7-11-22(16-21)28-25(31)19(3)27-23(30)13-12-20-8-5-4-6-9-20/h4-16,18-19H,17H2,1-3H3,(H,27,30)(H,28,31)/b13-12+. The molecule has 0 aliphatic heterocycles. The molecule has 160 valence electrons. The van der Waals surface area contributed by atoms with Gasteiger partial charge in [0.25, 0.3) is 0 Å². The minimum atomic E-state index is -0.669. The average Bonchev–Trinajstić information content (AvgIpc) is 3.21. The molecule has 2 N–H and O–H groups in total. The molecule has 2 aromatic carbocycles. The van der Waals surface area contributed by atoms with Crippen molar-refractivity contribution >= 4 is 23.6 Å². The Bertz CT molecular complexity index is 1050. The predicted octanol–water partition coefficient (Wildman–Crippen LogP) is 4.21. The molecular weight excluding hydrogens is 388 g/mol. The summed E-state index contributed by atoms with van der Waals surface area (Å²) < 4.78 is 2.10. The zero-order valence-corrected chi connectivity index (χ0v) is 18.1. The number of carbonyl (C=O) groups excluding carboxylic acids is 2. The molecule has 3 aromatic rings. The second-order valence-corrected chi connectivity index (χ2v) is 7.73. The van der Waals surface area contributed by atoms with Gasteiger partial charge in [-0.05, 0) is 36.3 Å². The van der Waals surface area contributed by atoms with E-state index in [-0.39, 0.29) is 11.8 Å². The Kier molecular flexibility index (Phi) is 7.38. The minimum Gasteiger partial charge on any atom is -0.341 e. The monoisotopic (exact) mass is 416 g/mol. The quantitative estimate of drug-likeness (QED) is 0.540. The third-order valence-electron chi connectivity index (χ3n) is 4.79. The lowest BCUT2D eigenvalue weighted by Crippen LogP contribution is -2.40.